The Hall–Kier alpha value is -1.26. The van der Waals surface area contributed by atoms with Crippen molar-refractivity contribution in [2.45, 2.75) is 26.2 Å². The molecule has 0 heterocycles. The van der Waals surface area contributed by atoms with Crippen molar-refractivity contribution in [3.05, 3.63) is 0 Å². The van der Waals surface area contributed by atoms with Crippen molar-refractivity contribution in [1.29, 1.82) is 0 Å². The van der Waals surface area contributed by atoms with Crippen molar-refractivity contribution >= 4 is 12.4 Å². The van der Waals surface area contributed by atoms with E-state index >= 15 is 0 Å². The van der Waals surface area contributed by atoms with Crippen LogP contribution in [0.1, 0.15) is 26.2 Å². The smallest absolute Gasteiger partial charge is 0.314 e. The third kappa shape index (κ3) is 8.83. The molecule has 0 fully saturated rings. The number of hydrogen-bond donors (Lipinski definition) is 3. The van der Waals surface area contributed by atoms with Crippen molar-refractivity contribution in [1.82, 2.24) is 16.0 Å². The minimum absolute atomic E-state index is 0.135. The second-order valence-electron chi connectivity index (χ2n) is 2.96. The molecule has 0 atom stereocenters. The fourth-order valence-corrected chi connectivity index (χ4v) is 0.892. The molecule has 0 radical (unpaired) electrons. The molecule has 14 heavy (non-hydrogen) atoms. The van der Waals surface area contributed by atoms with Gasteiger partial charge in [-0.05, 0) is 12.8 Å². The lowest BCUT2D eigenvalue weighted by Gasteiger charge is -2.06. The monoisotopic (exact) mass is 201 g/mol. The second kappa shape index (κ2) is 9.83. The molecule has 0 aromatic rings. The van der Waals surface area contributed by atoms with Gasteiger partial charge in [-0.3, -0.25) is 4.79 Å². The maximum atomic E-state index is 11.0. The average molecular weight is 201 g/mol. The molecule has 0 aliphatic heterocycles. The summed E-state index contributed by atoms with van der Waals surface area (Å²) in [5, 5.41) is 7.95. The Morgan fingerprint density at radius 1 is 1.14 bits per heavy atom. The zero-order chi connectivity index (χ0) is 10.6. The van der Waals surface area contributed by atoms with Crippen LogP contribution < -0.4 is 16.0 Å². The molecule has 0 aliphatic carbocycles. The van der Waals surface area contributed by atoms with Crippen LogP contribution in [-0.2, 0) is 4.79 Å². The van der Waals surface area contributed by atoms with Gasteiger partial charge in [-0.25, -0.2) is 4.79 Å². The Bertz CT molecular complexity index is 162. The van der Waals surface area contributed by atoms with Gasteiger partial charge < -0.3 is 16.0 Å². The molecule has 0 unspecified atom stereocenters. The number of carbonyl (C=O) groups excluding carboxylic acids is 2. The van der Waals surface area contributed by atoms with E-state index in [4.69, 9.17) is 0 Å². The predicted molar refractivity (Wildman–Crippen MR) is 55.0 cm³/mol. The average Bonchev–Trinajstić information content (AvgIpc) is 2.18. The van der Waals surface area contributed by atoms with Crippen molar-refractivity contribution in [2.24, 2.45) is 0 Å². The van der Waals surface area contributed by atoms with E-state index in [1.54, 1.807) is 0 Å². The molecule has 82 valence electrons. The number of urea groups is 1. The molecule has 0 saturated carbocycles. The molecule has 0 spiro atoms. The first kappa shape index (κ1) is 12.7. The van der Waals surface area contributed by atoms with Crippen LogP contribution in [-0.4, -0.2) is 32.1 Å². The van der Waals surface area contributed by atoms with Crippen LogP contribution in [0.5, 0.6) is 0 Å². The summed E-state index contributed by atoms with van der Waals surface area (Å²) in [6.45, 7) is 3.97. The zero-order valence-corrected chi connectivity index (χ0v) is 8.64. The minimum Gasteiger partial charge on any atom is -0.359 e. The highest BCUT2D eigenvalue weighted by molar-refractivity contribution is 5.73. The molecule has 0 rings (SSSR count). The van der Waals surface area contributed by atoms with Crippen molar-refractivity contribution < 1.29 is 9.59 Å². The third-order valence-corrected chi connectivity index (χ3v) is 1.68. The number of nitrogens with one attached hydrogen (secondary N) is 3. The van der Waals surface area contributed by atoms with E-state index in [-0.39, 0.29) is 6.03 Å². The Labute approximate surface area is 84.6 Å². The second-order valence-corrected chi connectivity index (χ2v) is 2.96. The molecule has 5 heteroatoms. The van der Waals surface area contributed by atoms with Crippen LogP contribution in [0.25, 0.3) is 0 Å². The fraction of sp³-hybridized carbons (Fsp3) is 0.778. The van der Waals surface area contributed by atoms with Crippen molar-refractivity contribution in [3.8, 4) is 0 Å². The minimum atomic E-state index is -0.135. The van der Waals surface area contributed by atoms with Gasteiger partial charge >= 0.3 is 6.03 Å². The maximum absolute atomic E-state index is 11.0. The first-order valence-electron chi connectivity index (χ1n) is 5.00. The number of rotatable bonds is 8. The van der Waals surface area contributed by atoms with Gasteiger partial charge in [0.1, 0.15) is 0 Å². The van der Waals surface area contributed by atoms with Crippen molar-refractivity contribution in [3.63, 3.8) is 0 Å². The summed E-state index contributed by atoms with van der Waals surface area (Å²) in [5.74, 6) is 0. The van der Waals surface area contributed by atoms with Gasteiger partial charge in [-0.15, -0.1) is 0 Å². The highest BCUT2D eigenvalue weighted by Gasteiger charge is 1.96. The fourth-order valence-electron chi connectivity index (χ4n) is 0.892. The summed E-state index contributed by atoms with van der Waals surface area (Å²) in [6, 6.07) is -0.135. The summed E-state index contributed by atoms with van der Waals surface area (Å²) in [6.07, 6.45) is 3.48. The van der Waals surface area contributed by atoms with E-state index in [1.165, 1.54) is 0 Å². The SMILES string of the molecule is CCCCNC(=O)NCCCNC=O. The zero-order valence-electron chi connectivity index (χ0n) is 8.64. The highest BCUT2D eigenvalue weighted by Crippen LogP contribution is 1.82. The summed E-state index contributed by atoms with van der Waals surface area (Å²) in [4.78, 5) is 20.9. The van der Waals surface area contributed by atoms with Gasteiger partial charge in [-0.1, -0.05) is 13.3 Å². The lowest BCUT2D eigenvalue weighted by molar-refractivity contribution is -0.109. The number of amides is 3. The van der Waals surface area contributed by atoms with Gasteiger partial charge in [0.05, 0.1) is 0 Å². The molecule has 0 aromatic carbocycles. The first-order valence-corrected chi connectivity index (χ1v) is 5.00. The topological polar surface area (TPSA) is 70.2 Å². The summed E-state index contributed by atoms with van der Waals surface area (Å²) >= 11 is 0. The van der Waals surface area contributed by atoms with Crippen molar-refractivity contribution in [2.75, 3.05) is 19.6 Å². The van der Waals surface area contributed by atoms with Crippen LogP contribution >= 0.6 is 0 Å². The molecule has 0 saturated heterocycles. The van der Waals surface area contributed by atoms with E-state index in [0.29, 0.717) is 19.5 Å². The van der Waals surface area contributed by atoms with E-state index in [2.05, 4.69) is 22.9 Å². The summed E-state index contributed by atoms with van der Waals surface area (Å²) in [5.41, 5.74) is 0. The molecule has 3 N–H and O–H groups in total. The van der Waals surface area contributed by atoms with E-state index < -0.39 is 0 Å². The molecule has 5 nitrogen and oxygen atoms in total. The Balaban J connectivity index is 3.14. The molecule has 3 amide bonds. The van der Waals surface area contributed by atoms with Gasteiger partial charge in [0, 0.05) is 19.6 Å². The van der Waals surface area contributed by atoms with Gasteiger partial charge in [-0.2, -0.15) is 0 Å². The summed E-state index contributed by atoms with van der Waals surface area (Å²) < 4.78 is 0. The van der Waals surface area contributed by atoms with E-state index in [1.807, 2.05) is 0 Å². The van der Waals surface area contributed by atoms with Crippen LogP contribution in [0, 0.1) is 0 Å². The van der Waals surface area contributed by atoms with Gasteiger partial charge in [0.15, 0.2) is 0 Å². The standard InChI is InChI=1S/C9H19N3O2/c1-2-3-6-11-9(14)12-7-4-5-10-8-13/h8H,2-7H2,1H3,(H,10,13)(H2,11,12,14). The van der Waals surface area contributed by atoms with Crippen LogP contribution in [0.3, 0.4) is 0 Å². The van der Waals surface area contributed by atoms with Crippen LogP contribution in [0.4, 0.5) is 4.79 Å². The summed E-state index contributed by atoms with van der Waals surface area (Å²) in [7, 11) is 0. The largest absolute Gasteiger partial charge is 0.359 e. The Morgan fingerprint density at radius 3 is 2.36 bits per heavy atom. The normalized spacial score (nSPS) is 9.21. The van der Waals surface area contributed by atoms with E-state index in [0.717, 1.165) is 25.8 Å². The lowest BCUT2D eigenvalue weighted by atomic mass is 10.3. The van der Waals surface area contributed by atoms with Crippen LogP contribution in [0.15, 0.2) is 0 Å². The van der Waals surface area contributed by atoms with E-state index in [9.17, 15) is 9.59 Å². The Morgan fingerprint density at radius 2 is 1.79 bits per heavy atom. The number of unbranched alkanes of at least 4 members (excludes halogenated alkanes) is 1. The number of carbonyl (C=O) groups is 2. The first-order chi connectivity index (χ1) is 6.81. The predicted octanol–water partition coefficient (Wildman–Crippen LogP) is 0.222. The van der Waals surface area contributed by atoms with Gasteiger partial charge in [0.2, 0.25) is 6.41 Å². The molecular formula is C9H19N3O2. The third-order valence-electron chi connectivity index (χ3n) is 1.68. The van der Waals surface area contributed by atoms with Crippen LogP contribution in [0.2, 0.25) is 0 Å². The number of hydrogen-bond acceptors (Lipinski definition) is 2. The lowest BCUT2D eigenvalue weighted by Crippen LogP contribution is -2.37. The van der Waals surface area contributed by atoms with Gasteiger partial charge in [0.25, 0.3) is 0 Å². The Kier molecular flexibility index (Phi) is 8.94. The molecule has 0 aromatic heterocycles. The highest BCUT2D eigenvalue weighted by atomic mass is 16.2. The molecule has 0 bridgehead atoms. The molecular weight excluding hydrogens is 182 g/mol. The maximum Gasteiger partial charge on any atom is 0.314 e. The quantitative estimate of drug-likeness (QED) is 0.388. The molecule has 0 aliphatic rings.